The molecule has 0 saturated carbocycles. The van der Waals surface area contributed by atoms with Crippen LogP contribution in [-0.4, -0.2) is 48.2 Å². The Kier molecular flexibility index (Phi) is 7.16. The number of carbonyl (C=O) groups is 2. The molecule has 0 aromatic heterocycles. The fourth-order valence-electron chi connectivity index (χ4n) is 2.54. The minimum atomic E-state index is -1.03. The number of amides is 1. The minimum absolute atomic E-state index is 0.0287. The van der Waals surface area contributed by atoms with Gasteiger partial charge in [-0.3, -0.25) is 4.79 Å². The van der Waals surface area contributed by atoms with Crippen LogP contribution in [0.1, 0.15) is 25.8 Å². The van der Waals surface area contributed by atoms with Crippen molar-refractivity contribution in [1.29, 1.82) is 0 Å². The van der Waals surface area contributed by atoms with E-state index in [1.165, 1.54) is 38.1 Å². The van der Waals surface area contributed by atoms with Crippen molar-refractivity contribution < 1.29 is 23.8 Å². The predicted molar refractivity (Wildman–Crippen MR) is 84.1 cm³/mol. The number of methoxy groups -OCH3 is 1. The summed E-state index contributed by atoms with van der Waals surface area (Å²) in [6, 6.07) is 5.22. The summed E-state index contributed by atoms with van der Waals surface area (Å²) in [7, 11) is 2.67. The van der Waals surface area contributed by atoms with Gasteiger partial charge in [0.1, 0.15) is 5.82 Å². The van der Waals surface area contributed by atoms with Crippen LogP contribution in [0, 0.1) is 11.7 Å². The van der Waals surface area contributed by atoms with Gasteiger partial charge >= 0.3 is 5.97 Å². The molecule has 0 bridgehead atoms. The molecular formula is C17H24FNO4. The van der Waals surface area contributed by atoms with E-state index in [1.807, 2.05) is 6.92 Å². The number of likely N-dealkylation sites (N-methyl/N-ethyl adjacent to an activating group) is 1. The molecule has 0 saturated heterocycles. The maximum Gasteiger partial charge on any atom is 0.331 e. The zero-order valence-corrected chi connectivity index (χ0v) is 14.0. The lowest BCUT2D eigenvalue weighted by Crippen LogP contribution is -2.49. The van der Waals surface area contributed by atoms with E-state index < -0.39 is 18.1 Å². The quantitative estimate of drug-likeness (QED) is 0.776. The van der Waals surface area contributed by atoms with Crippen molar-refractivity contribution in [1.82, 2.24) is 4.90 Å². The Labute approximate surface area is 136 Å². The second kappa shape index (κ2) is 8.62. The zero-order chi connectivity index (χ0) is 17.6. The van der Waals surface area contributed by atoms with Crippen molar-refractivity contribution in [2.75, 3.05) is 14.2 Å². The Hall–Kier alpha value is -1.95. The number of hydrogen-bond donors (Lipinski definition) is 1. The molecule has 1 aromatic carbocycles. The minimum Gasteiger partial charge on any atom is -0.467 e. The van der Waals surface area contributed by atoms with E-state index in [-0.39, 0.29) is 24.1 Å². The first-order chi connectivity index (χ1) is 10.8. The first-order valence-corrected chi connectivity index (χ1v) is 7.52. The molecular weight excluding hydrogens is 301 g/mol. The normalized spacial score (nSPS) is 14.7. The predicted octanol–water partition coefficient (Wildman–Crippen LogP) is 1.78. The molecule has 1 N–H and O–H groups in total. The molecule has 0 aliphatic heterocycles. The topological polar surface area (TPSA) is 66.8 Å². The van der Waals surface area contributed by atoms with Crippen LogP contribution in [0.25, 0.3) is 0 Å². The first-order valence-electron chi connectivity index (χ1n) is 7.52. The Morgan fingerprint density at radius 1 is 1.35 bits per heavy atom. The third-order valence-corrected chi connectivity index (χ3v) is 3.71. The van der Waals surface area contributed by atoms with Gasteiger partial charge in [0.05, 0.1) is 13.2 Å². The monoisotopic (exact) mass is 325 g/mol. The molecule has 0 heterocycles. The highest BCUT2D eigenvalue weighted by atomic mass is 19.1. The van der Waals surface area contributed by atoms with Crippen LogP contribution in [0.15, 0.2) is 24.3 Å². The molecule has 1 rings (SSSR count). The highest BCUT2D eigenvalue weighted by molar-refractivity contribution is 5.84. The molecule has 1 amide bonds. The standard InChI is InChI=1S/C17H24FNO4/c1-11(8-13-6-5-7-14(18)10-13)9-15(21)19(3)16(12(2)20)17(22)23-4/h5-7,10-12,16,20H,8-9H2,1-4H3. The van der Waals surface area contributed by atoms with Crippen molar-refractivity contribution in [2.24, 2.45) is 5.92 Å². The maximum absolute atomic E-state index is 13.2. The fourth-order valence-corrected chi connectivity index (χ4v) is 2.54. The third-order valence-electron chi connectivity index (χ3n) is 3.71. The maximum atomic E-state index is 13.2. The lowest BCUT2D eigenvalue weighted by Gasteiger charge is -2.29. The average Bonchev–Trinajstić information content (AvgIpc) is 2.46. The summed E-state index contributed by atoms with van der Waals surface area (Å²) in [6.07, 6.45) is -0.294. The summed E-state index contributed by atoms with van der Waals surface area (Å²) in [4.78, 5) is 25.2. The Morgan fingerprint density at radius 3 is 2.52 bits per heavy atom. The Morgan fingerprint density at radius 2 is 2.00 bits per heavy atom. The highest BCUT2D eigenvalue weighted by Crippen LogP contribution is 2.16. The molecule has 128 valence electrons. The number of halogens is 1. The molecule has 3 atom stereocenters. The second-order valence-corrected chi connectivity index (χ2v) is 5.86. The number of hydrogen-bond acceptors (Lipinski definition) is 4. The molecule has 23 heavy (non-hydrogen) atoms. The Bertz CT molecular complexity index is 547. The van der Waals surface area contributed by atoms with E-state index in [0.717, 1.165) is 5.56 Å². The molecule has 6 heteroatoms. The van der Waals surface area contributed by atoms with Gasteiger partial charge in [0.15, 0.2) is 6.04 Å². The summed E-state index contributed by atoms with van der Waals surface area (Å²) in [5, 5.41) is 9.70. The molecule has 1 aromatic rings. The van der Waals surface area contributed by atoms with Gasteiger partial charge in [0.2, 0.25) is 5.91 Å². The van der Waals surface area contributed by atoms with E-state index >= 15 is 0 Å². The van der Waals surface area contributed by atoms with Gasteiger partial charge in [-0.05, 0) is 37.0 Å². The van der Waals surface area contributed by atoms with Crippen LogP contribution in [0.4, 0.5) is 4.39 Å². The summed E-state index contributed by atoms with van der Waals surface area (Å²) in [5.41, 5.74) is 0.813. The number of aliphatic hydroxyl groups excluding tert-OH is 1. The van der Waals surface area contributed by atoms with E-state index in [9.17, 15) is 19.1 Å². The Balaban J connectivity index is 2.67. The zero-order valence-electron chi connectivity index (χ0n) is 14.0. The molecule has 5 nitrogen and oxygen atoms in total. The first kappa shape index (κ1) is 19.1. The molecule has 0 fully saturated rings. The number of esters is 1. The van der Waals surface area contributed by atoms with E-state index in [4.69, 9.17) is 0 Å². The molecule has 0 radical (unpaired) electrons. The number of aliphatic hydroxyl groups is 1. The number of benzene rings is 1. The summed E-state index contributed by atoms with van der Waals surface area (Å²) in [6.45, 7) is 3.31. The highest BCUT2D eigenvalue weighted by Gasteiger charge is 2.32. The lowest BCUT2D eigenvalue weighted by molar-refractivity contribution is -0.156. The van der Waals surface area contributed by atoms with Crippen LogP contribution in [0.3, 0.4) is 0 Å². The van der Waals surface area contributed by atoms with Crippen LogP contribution in [0.2, 0.25) is 0 Å². The molecule has 3 unspecified atom stereocenters. The molecule has 0 aliphatic rings. The van der Waals surface area contributed by atoms with Crippen molar-refractivity contribution in [3.63, 3.8) is 0 Å². The van der Waals surface area contributed by atoms with Gasteiger partial charge in [-0.1, -0.05) is 19.1 Å². The van der Waals surface area contributed by atoms with Gasteiger partial charge in [0, 0.05) is 13.5 Å². The van der Waals surface area contributed by atoms with Crippen LogP contribution in [0.5, 0.6) is 0 Å². The summed E-state index contributed by atoms with van der Waals surface area (Å²) >= 11 is 0. The fraction of sp³-hybridized carbons (Fsp3) is 0.529. The van der Waals surface area contributed by atoms with Gasteiger partial charge in [-0.15, -0.1) is 0 Å². The van der Waals surface area contributed by atoms with Gasteiger partial charge in [-0.25, -0.2) is 9.18 Å². The number of carbonyl (C=O) groups excluding carboxylic acids is 2. The van der Waals surface area contributed by atoms with Crippen molar-refractivity contribution >= 4 is 11.9 Å². The SMILES string of the molecule is COC(=O)C(C(C)O)N(C)C(=O)CC(C)Cc1cccc(F)c1. The van der Waals surface area contributed by atoms with E-state index in [2.05, 4.69) is 4.74 Å². The third kappa shape index (κ3) is 5.63. The lowest BCUT2D eigenvalue weighted by atomic mass is 9.97. The molecule has 0 aliphatic carbocycles. The number of rotatable bonds is 7. The summed E-state index contributed by atoms with van der Waals surface area (Å²) in [5.74, 6) is -1.27. The van der Waals surface area contributed by atoms with Gasteiger partial charge in [-0.2, -0.15) is 0 Å². The summed E-state index contributed by atoms with van der Waals surface area (Å²) < 4.78 is 17.8. The van der Waals surface area contributed by atoms with Crippen molar-refractivity contribution in [2.45, 2.75) is 38.8 Å². The van der Waals surface area contributed by atoms with E-state index in [0.29, 0.717) is 6.42 Å². The molecule has 0 spiro atoms. The largest absolute Gasteiger partial charge is 0.467 e. The van der Waals surface area contributed by atoms with Gasteiger partial charge < -0.3 is 14.7 Å². The number of nitrogens with zero attached hydrogens (tertiary/aromatic N) is 1. The van der Waals surface area contributed by atoms with Crippen LogP contribution >= 0.6 is 0 Å². The smallest absolute Gasteiger partial charge is 0.331 e. The average molecular weight is 325 g/mol. The van der Waals surface area contributed by atoms with Crippen LogP contribution < -0.4 is 0 Å². The van der Waals surface area contributed by atoms with Crippen molar-refractivity contribution in [3.8, 4) is 0 Å². The van der Waals surface area contributed by atoms with Crippen molar-refractivity contribution in [3.05, 3.63) is 35.6 Å². The number of ether oxygens (including phenoxy) is 1. The van der Waals surface area contributed by atoms with Gasteiger partial charge in [0.25, 0.3) is 0 Å². The second-order valence-electron chi connectivity index (χ2n) is 5.86. The van der Waals surface area contributed by atoms with Crippen LogP contribution in [-0.2, 0) is 20.7 Å². The van der Waals surface area contributed by atoms with E-state index in [1.54, 1.807) is 12.1 Å².